The van der Waals surface area contributed by atoms with Gasteiger partial charge in [0.1, 0.15) is 0 Å². The molecule has 0 bridgehead atoms. The fraction of sp³-hybridized carbons (Fsp3) is 0. The summed E-state index contributed by atoms with van der Waals surface area (Å²) in [5, 5.41) is 29.5. The van der Waals surface area contributed by atoms with Gasteiger partial charge in [-0.15, -0.1) is 0 Å². The molecule has 58 valence electrons. The van der Waals surface area contributed by atoms with Crippen LogP contribution in [0.1, 0.15) is 0 Å². The van der Waals surface area contributed by atoms with Crippen molar-refractivity contribution in [2.75, 3.05) is 0 Å². The van der Waals surface area contributed by atoms with Gasteiger partial charge in [0.2, 0.25) is 0 Å². The number of hydrogen-bond acceptors (Lipinski definition) is 6. The van der Waals surface area contributed by atoms with Gasteiger partial charge in [-0.3, -0.25) is 0 Å². The van der Waals surface area contributed by atoms with Gasteiger partial charge < -0.3 is 30.6 Å². The minimum Gasteiger partial charge on any atom is -0.356 e. The fourth-order valence-electron chi connectivity index (χ4n) is 0. The third-order valence-electron chi connectivity index (χ3n) is 0. The number of hydrogen-bond donors (Lipinski definition) is 0. The first-order chi connectivity index (χ1) is 3.46. The van der Waals surface area contributed by atoms with Crippen LogP contribution < -0.4 is 0 Å². The van der Waals surface area contributed by atoms with Crippen molar-refractivity contribution in [2.45, 2.75) is 0 Å². The van der Waals surface area contributed by atoms with Crippen molar-refractivity contribution in [3.63, 3.8) is 0 Å². The van der Waals surface area contributed by atoms with E-state index in [1.54, 1.807) is 0 Å². The maximum Gasteiger partial charge on any atom is 1.00 e. The maximum atomic E-state index is 8.25. The summed E-state index contributed by atoms with van der Waals surface area (Å²) in [5.74, 6) is 0. The van der Waals surface area contributed by atoms with Gasteiger partial charge in [-0.1, -0.05) is 0 Å². The van der Waals surface area contributed by atoms with Crippen LogP contribution in [0.5, 0.6) is 0 Å². The van der Waals surface area contributed by atoms with E-state index in [9.17, 15) is 0 Å². The Bertz CT molecular complexity index is 69.1. The van der Waals surface area contributed by atoms with E-state index in [2.05, 4.69) is 0 Å². The Morgan fingerprint density at radius 1 is 0.778 bits per heavy atom. The van der Waals surface area contributed by atoms with Crippen molar-refractivity contribution >= 4 is 0 Å². The Morgan fingerprint density at radius 2 is 0.778 bits per heavy atom. The summed E-state index contributed by atoms with van der Waals surface area (Å²) in [6.07, 6.45) is 0. The molecule has 0 aromatic carbocycles. The summed E-state index contributed by atoms with van der Waals surface area (Å²) < 4.78 is 0. The molecule has 8 nitrogen and oxygen atoms in total. The molecule has 9 heavy (non-hydrogen) atoms. The van der Waals surface area contributed by atoms with Crippen LogP contribution >= 0.6 is 0 Å². The van der Waals surface area contributed by atoms with Gasteiger partial charge in [-0.05, 0) is 0 Å². The average Bonchev–Trinajstić information content (AvgIpc) is 1.25. The zero-order valence-electron chi connectivity index (χ0n) is 3.65. The average molecular weight is 188 g/mol. The molecule has 0 radical (unpaired) electrons. The third kappa shape index (κ3) is 143. The molecular weight excluding hydrogens is 188 g/mol. The molecule has 0 aromatic rings. The quantitative estimate of drug-likeness (QED) is 0.286. The molecule has 0 unspecified atom stereocenters. The van der Waals surface area contributed by atoms with E-state index in [1.807, 2.05) is 0 Å². The van der Waals surface area contributed by atoms with Crippen molar-refractivity contribution in [3.05, 3.63) is 30.6 Å². The van der Waals surface area contributed by atoms with Crippen LogP contribution in [-0.4, -0.2) is 10.2 Å². The zero-order valence-corrected chi connectivity index (χ0v) is 4.59. The van der Waals surface area contributed by atoms with Crippen LogP contribution in [0.4, 0.5) is 0 Å². The Hall–Kier alpha value is -1.08. The van der Waals surface area contributed by atoms with Crippen molar-refractivity contribution in [1.29, 1.82) is 0 Å². The third-order valence-corrected chi connectivity index (χ3v) is 0. The maximum absolute atomic E-state index is 8.25. The number of nitrogens with zero attached hydrogens (tertiary/aromatic N) is 2. The summed E-state index contributed by atoms with van der Waals surface area (Å²) in [6, 6.07) is 0. The van der Waals surface area contributed by atoms with Gasteiger partial charge in [0, 0.05) is 0 Å². The molecule has 9 heteroatoms. The summed E-state index contributed by atoms with van der Waals surface area (Å²) in [7, 11) is 0. The summed E-state index contributed by atoms with van der Waals surface area (Å²) in [4.78, 5) is 16.5. The van der Waals surface area contributed by atoms with E-state index in [1.165, 1.54) is 0 Å². The molecule has 0 aliphatic carbocycles. The van der Waals surface area contributed by atoms with Crippen LogP contribution in [0.15, 0.2) is 0 Å². The predicted octanol–water partition coefficient (Wildman–Crippen LogP) is -0.481. The largest absolute Gasteiger partial charge is 1.00 e. The molecule has 0 rings (SSSR count). The van der Waals surface area contributed by atoms with E-state index < -0.39 is 10.2 Å². The molecule has 0 saturated carbocycles. The Morgan fingerprint density at radius 3 is 0.778 bits per heavy atom. The molecule has 0 aromatic heterocycles. The van der Waals surface area contributed by atoms with Crippen LogP contribution in [0, 0.1) is 30.6 Å². The SMILES string of the molecule is O=[N+]([O-])[O-].O=[N+]([O-])[O-].[Cu+]. The zero-order chi connectivity index (χ0) is 7.15. The minimum atomic E-state index is -1.75. The molecule has 0 amide bonds. The Labute approximate surface area is 58.8 Å². The first kappa shape index (κ1) is 15.7. The van der Waals surface area contributed by atoms with Gasteiger partial charge >= 0.3 is 17.1 Å². The van der Waals surface area contributed by atoms with Gasteiger partial charge in [0.05, 0.1) is 10.2 Å². The molecule has 0 N–H and O–H groups in total. The van der Waals surface area contributed by atoms with Gasteiger partial charge in [0.25, 0.3) is 0 Å². The van der Waals surface area contributed by atoms with Crippen molar-refractivity contribution in [2.24, 2.45) is 0 Å². The summed E-state index contributed by atoms with van der Waals surface area (Å²) in [5.41, 5.74) is 0. The van der Waals surface area contributed by atoms with Gasteiger partial charge in [-0.2, -0.15) is 0 Å². The first-order valence-corrected chi connectivity index (χ1v) is 1.10. The topological polar surface area (TPSA) is 132 Å². The van der Waals surface area contributed by atoms with Crippen molar-refractivity contribution < 1.29 is 27.2 Å². The van der Waals surface area contributed by atoms with E-state index in [0.717, 1.165) is 0 Å². The summed E-state index contributed by atoms with van der Waals surface area (Å²) >= 11 is 0. The van der Waals surface area contributed by atoms with E-state index >= 15 is 0 Å². The fourth-order valence-corrected chi connectivity index (χ4v) is 0. The monoisotopic (exact) mass is 187 g/mol. The minimum absolute atomic E-state index is 0. The second-order valence-electron chi connectivity index (χ2n) is 0.447. The van der Waals surface area contributed by atoms with Crippen LogP contribution in [-0.2, 0) is 17.1 Å². The second kappa shape index (κ2) is 10.0. The second-order valence-corrected chi connectivity index (χ2v) is 0.447. The van der Waals surface area contributed by atoms with Crippen LogP contribution in [0.3, 0.4) is 0 Å². The van der Waals surface area contributed by atoms with Gasteiger partial charge in [0.15, 0.2) is 0 Å². The normalized spacial score (nSPS) is 5.33. The van der Waals surface area contributed by atoms with E-state index in [0.29, 0.717) is 0 Å². The molecule has 0 saturated heterocycles. The molecule has 0 atom stereocenters. The van der Waals surface area contributed by atoms with Crippen LogP contribution in [0.25, 0.3) is 0 Å². The standard InChI is InChI=1S/Cu.2NO3/c;2*2-1(3)4/q+1;2*-1. The molecule has 0 fully saturated rings. The molecule has 0 spiro atoms. The Kier molecular flexibility index (Phi) is 17.4. The number of rotatable bonds is 0. The molecule has 0 heterocycles. The molecular formula is CuN2O6-. The molecule has 0 aliphatic rings. The summed E-state index contributed by atoms with van der Waals surface area (Å²) in [6.45, 7) is 0. The molecule has 0 aliphatic heterocycles. The Balaban J connectivity index is -0.0000000720. The van der Waals surface area contributed by atoms with E-state index in [-0.39, 0.29) is 17.1 Å². The van der Waals surface area contributed by atoms with Crippen molar-refractivity contribution in [3.8, 4) is 0 Å². The van der Waals surface area contributed by atoms with Crippen LogP contribution in [0.2, 0.25) is 0 Å². The van der Waals surface area contributed by atoms with Gasteiger partial charge in [-0.25, -0.2) is 0 Å². The predicted molar refractivity (Wildman–Crippen MR) is 20.7 cm³/mol. The first-order valence-electron chi connectivity index (χ1n) is 1.10. The van der Waals surface area contributed by atoms with E-state index in [4.69, 9.17) is 30.6 Å². The smallest absolute Gasteiger partial charge is 0.356 e. The van der Waals surface area contributed by atoms with Crippen molar-refractivity contribution in [1.82, 2.24) is 0 Å².